The van der Waals surface area contributed by atoms with Gasteiger partial charge in [0, 0.05) is 25.7 Å². The van der Waals surface area contributed by atoms with Crippen LogP contribution in [-0.2, 0) is 91.1 Å². The number of aliphatic hydroxyl groups excluding tert-OH is 3. The molecular weight excluding hydrogens is 1460 g/mol. The van der Waals surface area contributed by atoms with Gasteiger partial charge in [-0.1, -0.05) is 13.8 Å². The van der Waals surface area contributed by atoms with Crippen molar-refractivity contribution >= 4 is 124 Å². The Balaban J connectivity index is 6.49. The second-order valence-electron chi connectivity index (χ2n) is 25.4. The number of aliphatic hydroxyl groups is 3. The maximum Gasteiger partial charge on any atom is 0.326 e. The number of unbranched alkanes of at least 4 members (excludes halogenated alkanes) is 2. The normalized spacial score (nSPS) is 14.9. The summed E-state index contributed by atoms with van der Waals surface area (Å²) in [4.78, 5) is 247. The largest absolute Gasteiger partial charge is 0.481 e. The molecule has 0 aliphatic rings. The summed E-state index contributed by atoms with van der Waals surface area (Å²) in [5.74, 6) is -22.0. The van der Waals surface area contributed by atoms with Gasteiger partial charge in [0.2, 0.25) is 88.6 Å². The Labute approximate surface area is 625 Å². The molecule has 14 atom stereocenters. The zero-order chi connectivity index (χ0) is 82.5. The molecule has 0 bridgehead atoms. The van der Waals surface area contributed by atoms with Gasteiger partial charge in [0.25, 0.3) is 0 Å². The molecule has 0 unspecified atom stereocenters. The van der Waals surface area contributed by atoms with Gasteiger partial charge < -0.3 is 133 Å². The highest BCUT2D eigenvalue weighted by atomic mass is 32.2. The van der Waals surface area contributed by atoms with Gasteiger partial charge in [0.15, 0.2) is 0 Å². The number of hydrogen-bond donors (Lipinski definition) is 25. The number of nitrogens with one attached hydrogen (secondary N) is 14. The third-order valence-corrected chi connectivity index (χ3v) is 16.4. The topological polar surface area (TPSA) is 738 Å². The lowest BCUT2D eigenvalue weighted by atomic mass is 10.0. The number of carboxylic acids is 4. The second-order valence-corrected chi connectivity index (χ2v) is 26.3. The van der Waals surface area contributed by atoms with Crippen LogP contribution in [0.4, 0.5) is 0 Å². The van der Waals surface area contributed by atoms with E-state index in [1.165, 1.54) is 18.7 Å². The SMILES string of the molecule is CSCC[C@H](NC(=O)[C@@H](N)CO)C(=O)N[C@@H](CCC(N)=O)C(=O)N[C@@H](C)C(=O)N[C@@H](CO)C(=O)N[C@@H](CC(C)C)C(=O)N[C@@H](CCC(=O)O)C(=O)N[C@@H](CO)C(=O)N[C@@H](CCC(=O)O)C(=O)N[C@@H](C)C(=O)N[C@@H](CCCCN)C(=O)NCC(=O)N[C@@H](CCCCN)C(=O)N[C@@H](C)C(=O)N[C@@H](CCC(=O)O)C(=O)O. The molecule has 0 aromatic carbocycles. The molecule has 0 heterocycles. The number of carboxylic acid groups (broad SMARTS) is 4. The Bertz CT molecular complexity index is 3080. The zero-order valence-corrected chi connectivity index (χ0v) is 61.8. The first-order valence-electron chi connectivity index (χ1n) is 34.6. The van der Waals surface area contributed by atoms with Gasteiger partial charge in [-0.25, -0.2) is 4.79 Å². The van der Waals surface area contributed by atoms with E-state index in [-0.39, 0.29) is 51.6 Å². The maximum absolute atomic E-state index is 14.0. The predicted molar refractivity (Wildman–Crippen MR) is 379 cm³/mol. The number of carbonyl (C=O) groups is 19. The third-order valence-electron chi connectivity index (χ3n) is 15.7. The van der Waals surface area contributed by atoms with E-state index >= 15 is 0 Å². The molecule has 0 saturated heterocycles. The van der Waals surface area contributed by atoms with Crippen molar-refractivity contribution in [1.29, 1.82) is 0 Å². The molecule has 0 spiro atoms. The van der Waals surface area contributed by atoms with Crippen molar-refractivity contribution in [2.24, 2.45) is 28.9 Å². The molecule has 0 radical (unpaired) electrons. The summed E-state index contributed by atoms with van der Waals surface area (Å²) in [6.45, 7) is 3.03. The van der Waals surface area contributed by atoms with Crippen LogP contribution in [0.2, 0.25) is 0 Å². The summed E-state index contributed by atoms with van der Waals surface area (Å²) in [5, 5.41) is 99.6. The van der Waals surface area contributed by atoms with Gasteiger partial charge in [-0.05, 0) is 129 Å². The molecule has 0 saturated carbocycles. The summed E-state index contributed by atoms with van der Waals surface area (Å²) in [5.41, 5.74) is 22.1. The summed E-state index contributed by atoms with van der Waals surface area (Å²) in [6.07, 6.45) is -2.40. The molecule has 612 valence electrons. The van der Waals surface area contributed by atoms with Crippen molar-refractivity contribution in [3.05, 3.63) is 0 Å². The summed E-state index contributed by atoms with van der Waals surface area (Å²) in [7, 11) is 0. The average molecular weight is 1570 g/mol. The Morgan fingerprint density at radius 3 is 1.01 bits per heavy atom. The Morgan fingerprint density at radius 2 is 0.648 bits per heavy atom. The number of rotatable bonds is 57. The lowest BCUT2D eigenvalue weighted by Crippen LogP contribution is -2.61. The van der Waals surface area contributed by atoms with E-state index in [0.29, 0.717) is 18.6 Å². The van der Waals surface area contributed by atoms with Crippen molar-refractivity contribution in [3.63, 3.8) is 0 Å². The quantitative estimate of drug-likeness (QED) is 0.0251. The van der Waals surface area contributed by atoms with Crippen molar-refractivity contribution in [2.75, 3.05) is 51.5 Å². The number of thioether (sulfide) groups is 1. The number of hydrogen-bond acceptors (Lipinski definition) is 26. The van der Waals surface area contributed by atoms with Crippen molar-refractivity contribution < 1.29 is 127 Å². The third kappa shape index (κ3) is 40.1. The molecule has 108 heavy (non-hydrogen) atoms. The van der Waals surface area contributed by atoms with Crippen molar-refractivity contribution in [1.82, 2.24) is 74.4 Å². The van der Waals surface area contributed by atoms with E-state index < -0.39 is 281 Å². The summed E-state index contributed by atoms with van der Waals surface area (Å²) in [6, 6.07) is -22.5. The lowest BCUT2D eigenvalue weighted by molar-refractivity contribution is -0.143. The fourth-order valence-corrected chi connectivity index (χ4v) is 10.0. The highest BCUT2D eigenvalue weighted by molar-refractivity contribution is 7.98. The minimum absolute atomic E-state index is 0.0241. The van der Waals surface area contributed by atoms with Gasteiger partial charge in [-0.2, -0.15) is 11.8 Å². The van der Waals surface area contributed by atoms with E-state index in [0.717, 1.165) is 13.8 Å². The Hall–Kier alpha value is -9.96. The molecule has 45 heteroatoms. The van der Waals surface area contributed by atoms with Gasteiger partial charge in [0.1, 0.15) is 84.6 Å². The lowest BCUT2D eigenvalue weighted by Gasteiger charge is -2.27. The van der Waals surface area contributed by atoms with Crippen molar-refractivity contribution in [2.45, 2.75) is 222 Å². The highest BCUT2D eigenvalue weighted by Gasteiger charge is 2.37. The van der Waals surface area contributed by atoms with E-state index in [2.05, 4.69) is 74.4 Å². The summed E-state index contributed by atoms with van der Waals surface area (Å²) < 4.78 is 0. The maximum atomic E-state index is 14.0. The van der Waals surface area contributed by atoms with Crippen LogP contribution in [-0.4, -0.2) is 284 Å². The summed E-state index contributed by atoms with van der Waals surface area (Å²) >= 11 is 1.30. The molecule has 15 amide bonds. The van der Waals surface area contributed by atoms with Crippen LogP contribution in [0.3, 0.4) is 0 Å². The van der Waals surface area contributed by atoms with Gasteiger partial charge in [0.05, 0.1) is 26.4 Å². The molecule has 0 aliphatic heterocycles. The van der Waals surface area contributed by atoms with Crippen LogP contribution in [0.25, 0.3) is 0 Å². The van der Waals surface area contributed by atoms with Crippen LogP contribution < -0.4 is 97.4 Å². The van der Waals surface area contributed by atoms with Gasteiger partial charge in [-0.15, -0.1) is 0 Å². The number of nitrogens with two attached hydrogens (primary N) is 4. The molecule has 29 N–H and O–H groups in total. The van der Waals surface area contributed by atoms with Crippen LogP contribution in [0.1, 0.15) is 137 Å². The predicted octanol–water partition coefficient (Wildman–Crippen LogP) is -10.2. The first kappa shape index (κ1) is 98.0. The minimum atomic E-state index is -2.05. The second kappa shape index (κ2) is 52.9. The van der Waals surface area contributed by atoms with E-state index in [1.54, 1.807) is 20.1 Å². The fraction of sp³-hybridized carbons (Fsp3) is 0.698. The number of primary amides is 1. The Kier molecular flexibility index (Phi) is 48.0. The van der Waals surface area contributed by atoms with E-state index in [4.69, 9.17) is 28.0 Å². The van der Waals surface area contributed by atoms with Crippen LogP contribution >= 0.6 is 11.8 Å². The minimum Gasteiger partial charge on any atom is -0.481 e. The molecule has 0 aliphatic carbocycles. The van der Waals surface area contributed by atoms with E-state index in [9.17, 15) is 122 Å². The smallest absolute Gasteiger partial charge is 0.326 e. The molecule has 0 fully saturated rings. The van der Waals surface area contributed by atoms with Gasteiger partial charge in [-0.3, -0.25) is 86.3 Å². The number of aliphatic carboxylic acids is 4. The van der Waals surface area contributed by atoms with Crippen molar-refractivity contribution in [3.8, 4) is 0 Å². The zero-order valence-electron chi connectivity index (χ0n) is 61.0. The average Bonchev–Trinajstić information content (AvgIpc) is 0.829. The van der Waals surface area contributed by atoms with E-state index in [1.807, 2.05) is 0 Å². The molecular formula is C63H108N18O26S. The number of amides is 15. The Morgan fingerprint density at radius 1 is 0.343 bits per heavy atom. The van der Waals surface area contributed by atoms with Gasteiger partial charge >= 0.3 is 23.9 Å². The highest BCUT2D eigenvalue weighted by Crippen LogP contribution is 2.12. The molecule has 0 aromatic rings. The van der Waals surface area contributed by atoms with Crippen LogP contribution in [0.5, 0.6) is 0 Å². The van der Waals surface area contributed by atoms with Crippen LogP contribution in [0, 0.1) is 5.92 Å². The first-order valence-corrected chi connectivity index (χ1v) is 36.0. The monoisotopic (exact) mass is 1560 g/mol. The molecule has 0 aromatic heterocycles. The first-order chi connectivity index (χ1) is 50.7. The van der Waals surface area contributed by atoms with Crippen LogP contribution in [0.15, 0.2) is 0 Å². The number of carbonyl (C=O) groups excluding carboxylic acids is 15. The standard InChI is InChI=1S/C63H108N18O26S/c1-30(2)25-42(79-62(105)43(28-83)80-52(95)33(5)71-56(99)37(13-17-45(67)85)75-59(102)40(21-24-108-6)74-53(96)34(66)27-82)60(103)76-39(15-19-48(89)90)58(101)81-44(29-84)61(104)77-38(14-18-47(87)88)57(100)70-31(3)50(93)73-35(11-7-9-22-64)54(97)68-26-46(86)72-36(12-8-10-23-65)55(98)69-32(4)51(94)78-41(63(106)107)16-20-49(91)92/h30-44,82-84H,7-29,64-66H2,1-6H3,(H2,67,85)(H,68,97)(H,69,98)(H,70,100)(H,71,99)(H,72,86)(H,73,93)(H,74,96)(H,75,102)(H,76,103)(H,77,104)(H,78,94)(H,79,105)(H,80,95)(H,81,101)(H,87,88)(H,89,90)(H,91,92)(H,106,107)/t31-,32-,33-,34-,35-,36-,37-,38-,39-,40-,41-,42-,43-,44-/m0/s1. The fourth-order valence-electron chi connectivity index (χ4n) is 9.56. The molecule has 44 nitrogen and oxygen atoms in total. The molecule has 0 rings (SSSR count).